The number of hydrogen-bond donors (Lipinski definition) is 2. The average molecular weight is 349 g/mol. The van der Waals surface area contributed by atoms with Gasteiger partial charge in [-0.2, -0.15) is 0 Å². The van der Waals surface area contributed by atoms with E-state index in [-0.39, 0.29) is 17.0 Å². The predicted molar refractivity (Wildman–Crippen MR) is 91.1 cm³/mol. The van der Waals surface area contributed by atoms with Crippen molar-refractivity contribution in [2.24, 2.45) is 0 Å². The summed E-state index contributed by atoms with van der Waals surface area (Å²) in [5.41, 5.74) is 0.880. The molecule has 0 atom stereocenters. The van der Waals surface area contributed by atoms with Gasteiger partial charge in [0.05, 0.1) is 5.02 Å². The Labute approximate surface area is 144 Å². The molecule has 5 nitrogen and oxygen atoms in total. The fourth-order valence-electron chi connectivity index (χ4n) is 2.78. The number of amides is 1. The first-order valence-electron chi connectivity index (χ1n) is 7.97. The minimum Gasteiger partial charge on any atom is -0.348 e. The Hall–Kier alpha value is -2.21. The monoisotopic (exact) mass is 348 g/mol. The van der Waals surface area contributed by atoms with Gasteiger partial charge in [0, 0.05) is 17.8 Å². The lowest BCUT2D eigenvalue weighted by atomic mass is 9.95. The van der Waals surface area contributed by atoms with Crippen molar-refractivity contribution in [1.82, 2.24) is 15.3 Å². The van der Waals surface area contributed by atoms with Crippen LogP contribution in [-0.4, -0.2) is 21.9 Å². The molecule has 0 bridgehead atoms. The van der Waals surface area contributed by atoms with E-state index in [0.29, 0.717) is 17.2 Å². The van der Waals surface area contributed by atoms with Gasteiger partial charge in [-0.05, 0) is 31.0 Å². The van der Waals surface area contributed by atoms with Crippen molar-refractivity contribution in [2.45, 2.75) is 38.1 Å². The van der Waals surface area contributed by atoms with E-state index in [9.17, 15) is 9.18 Å². The van der Waals surface area contributed by atoms with Gasteiger partial charge in [0.15, 0.2) is 0 Å². The van der Waals surface area contributed by atoms with Crippen molar-refractivity contribution in [1.29, 1.82) is 0 Å². The topological polar surface area (TPSA) is 66.9 Å². The highest BCUT2D eigenvalue weighted by Gasteiger charge is 2.17. The summed E-state index contributed by atoms with van der Waals surface area (Å²) in [7, 11) is 0. The maximum absolute atomic E-state index is 13.2. The maximum atomic E-state index is 13.2. The lowest BCUT2D eigenvalue weighted by Gasteiger charge is -2.22. The van der Waals surface area contributed by atoms with Crippen LogP contribution in [0, 0.1) is 5.82 Å². The van der Waals surface area contributed by atoms with Crippen molar-refractivity contribution in [2.75, 3.05) is 5.32 Å². The quantitative estimate of drug-likeness (QED) is 0.873. The van der Waals surface area contributed by atoms with E-state index in [1.807, 2.05) is 0 Å². The number of anilines is 2. The molecule has 0 spiro atoms. The zero-order valence-electron chi connectivity index (χ0n) is 13.1. The third-order valence-corrected chi connectivity index (χ3v) is 4.32. The van der Waals surface area contributed by atoms with Crippen LogP contribution in [0.5, 0.6) is 0 Å². The molecule has 0 aliphatic heterocycles. The van der Waals surface area contributed by atoms with Gasteiger partial charge in [-0.1, -0.05) is 30.9 Å². The number of carbonyl (C=O) groups is 1. The van der Waals surface area contributed by atoms with Crippen LogP contribution in [0.25, 0.3) is 0 Å². The third-order valence-electron chi connectivity index (χ3n) is 4.03. The van der Waals surface area contributed by atoms with E-state index < -0.39 is 5.82 Å². The molecule has 24 heavy (non-hydrogen) atoms. The van der Waals surface area contributed by atoms with E-state index >= 15 is 0 Å². The molecule has 2 aromatic rings. The largest absolute Gasteiger partial charge is 0.348 e. The molecule has 1 aromatic carbocycles. The maximum Gasteiger partial charge on any atom is 0.270 e. The Morgan fingerprint density at radius 3 is 2.71 bits per heavy atom. The van der Waals surface area contributed by atoms with Gasteiger partial charge in [0.1, 0.15) is 23.7 Å². The van der Waals surface area contributed by atoms with Crippen LogP contribution in [0.4, 0.5) is 15.9 Å². The van der Waals surface area contributed by atoms with Crippen LogP contribution in [-0.2, 0) is 0 Å². The number of nitrogens with one attached hydrogen (secondary N) is 2. The van der Waals surface area contributed by atoms with Crippen molar-refractivity contribution in [3.8, 4) is 0 Å². The molecule has 7 heteroatoms. The zero-order chi connectivity index (χ0) is 16.9. The summed E-state index contributed by atoms with van der Waals surface area (Å²) in [5.74, 6) is -0.247. The van der Waals surface area contributed by atoms with Crippen molar-refractivity contribution >= 4 is 29.0 Å². The Morgan fingerprint density at radius 1 is 1.17 bits per heavy atom. The molecule has 1 heterocycles. The molecule has 3 rings (SSSR count). The predicted octanol–water partition coefficient (Wildman–Crippen LogP) is 4.08. The van der Waals surface area contributed by atoms with Crippen LogP contribution >= 0.6 is 11.6 Å². The Morgan fingerprint density at radius 2 is 1.96 bits per heavy atom. The fourth-order valence-corrected chi connectivity index (χ4v) is 2.96. The lowest BCUT2D eigenvalue weighted by Crippen LogP contribution is -2.36. The standard InChI is InChI=1S/C17H18ClFN4O/c18-13-8-12(6-7-14(13)19)22-16-9-15(20-10-21-16)17(24)23-11-4-2-1-3-5-11/h6-11H,1-5H2,(H,23,24)(H,20,21,22). The highest BCUT2D eigenvalue weighted by molar-refractivity contribution is 6.31. The van der Waals surface area contributed by atoms with Crippen molar-refractivity contribution in [3.63, 3.8) is 0 Å². The van der Waals surface area contributed by atoms with E-state index in [1.165, 1.54) is 24.9 Å². The lowest BCUT2D eigenvalue weighted by molar-refractivity contribution is 0.0922. The summed E-state index contributed by atoms with van der Waals surface area (Å²) >= 11 is 5.76. The van der Waals surface area contributed by atoms with Gasteiger partial charge in [0.25, 0.3) is 5.91 Å². The number of hydrogen-bond acceptors (Lipinski definition) is 4. The Bertz CT molecular complexity index is 734. The van der Waals surface area contributed by atoms with Crippen molar-refractivity contribution in [3.05, 3.63) is 47.1 Å². The van der Waals surface area contributed by atoms with Gasteiger partial charge in [-0.3, -0.25) is 4.79 Å². The van der Waals surface area contributed by atoms with E-state index in [2.05, 4.69) is 20.6 Å². The van der Waals surface area contributed by atoms with Gasteiger partial charge in [0.2, 0.25) is 0 Å². The summed E-state index contributed by atoms with van der Waals surface area (Å²) in [5, 5.41) is 6.02. The second kappa shape index (κ2) is 7.57. The number of nitrogens with zero attached hydrogens (tertiary/aromatic N) is 2. The van der Waals surface area contributed by atoms with Crippen LogP contribution in [0.2, 0.25) is 5.02 Å². The highest BCUT2D eigenvalue weighted by Crippen LogP contribution is 2.22. The summed E-state index contributed by atoms with van der Waals surface area (Å²) in [4.78, 5) is 20.4. The number of rotatable bonds is 4. The molecule has 0 radical (unpaired) electrons. The molecular formula is C17H18ClFN4O. The molecule has 0 unspecified atom stereocenters. The SMILES string of the molecule is O=C(NC1CCCCC1)c1cc(Nc2ccc(F)c(Cl)c2)ncn1. The van der Waals surface area contributed by atoms with Crippen LogP contribution < -0.4 is 10.6 Å². The molecule has 126 valence electrons. The second-order valence-electron chi connectivity index (χ2n) is 5.85. The van der Waals surface area contributed by atoms with Crippen molar-refractivity contribution < 1.29 is 9.18 Å². The molecule has 2 N–H and O–H groups in total. The first-order chi connectivity index (χ1) is 11.6. The Balaban J connectivity index is 1.68. The second-order valence-corrected chi connectivity index (χ2v) is 6.26. The van der Waals surface area contributed by atoms with Crippen LogP contribution in [0.1, 0.15) is 42.6 Å². The number of aromatic nitrogens is 2. The summed E-state index contributed by atoms with van der Waals surface area (Å²) < 4.78 is 13.2. The molecule has 0 saturated heterocycles. The molecule has 1 aromatic heterocycles. The molecule has 1 saturated carbocycles. The molecule has 1 aliphatic rings. The molecular weight excluding hydrogens is 331 g/mol. The minimum absolute atomic E-state index is 0.0179. The fraction of sp³-hybridized carbons (Fsp3) is 0.353. The van der Waals surface area contributed by atoms with E-state index in [0.717, 1.165) is 25.7 Å². The number of halogens is 2. The first kappa shape index (κ1) is 16.6. The van der Waals surface area contributed by atoms with E-state index in [4.69, 9.17) is 11.6 Å². The molecule has 1 aliphatic carbocycles. The number of carbonyl (C=O) groups excluding carboxylic acids is 1. The van der Waals surface area contributed by atoms with Crippen LogP contribution in [0.15, 0.2) is 30.6 Å². The smallest absolute Gasteiger partial charge is 0.270 e. The summed E-state index contributed by atoms with van der Waals surface area (Å²) in [6, 6.07) is 6.05. The first-order valence-corrected chi connectivity index (χ1v) is 8.34. The molecule has 1 fully saturated rings. The van der Waals surface area contributed by atoms with Gasteiger partial charge in [-0.25, -0.2) is 14.4 Å². The minimum atomic E-state index is -0.488. The third kappa shape index (κ3) is 4.20. The van der Waals surface area contributed by atoms with Crippen LogP contribution in [0.3, 0.4) is 0 Å². The summed E-state index contributed by atoms with van der Waals surface area (Å²) in [6.07, 6.45) is 6.86. The number of benzene rings is 1. The summed E-state index contributed by atoms with van der Waals surface area (Å²) in [6.45, 7) is 0. The Kier molecular flexibility index (Phi) is 5.25. The zero-order valence-corrected chi connectivity index (χ0v) is 13.8. The van der Waals surface area contributed by atoms with E-state index in [1.54, 1.807) is 12.1 Å². The van der Waals surface area contributed by atoms with Gasteiger partial charge >= 0.3 is 0 Å². The van der Waals surface area contributed by atoms with Gasteiger partial charge in [-0.15, -0.1) is 0 Å². The molecule has 1 amide bonds. The highest BCUT2D eigenvalue weighted by atomic mass is 35.5. The average Bonchev–Trinajstić information content (AvgIpc) is 2.59. The normalized spacial score (nSPS) is 15.1. The van der Waals surface area contributed by atoms with Gasteiger partial charge < -0.3 is 10.6 Å².